The van der Waals surface area contributed by atoms with E-state index in [9.17, 15) is 4.79 Å². The third-order valence-electron chi connectivity index (χ3n) is 2.89. The molecule has 116 valence electrons. The van der Waals surface area contributed by atoms with Crippen LogP contribution in [0.3, 0.4) is 0 Å². The smallest absolute Gasteiger partial charge is 0.310 e. The van der Waals surface area contributed by atoms with Gasteiger partial charge in [-0.05, 0) is 18.6 Å². The number of carbonyl (C=O) groups is 1. The van der Waals surface area contributed by atoms with Crippen LogP contribution in [0.1, 0.15) is 19.4 Å². The number of hydrogen-bond acceptors (Lipinski definition) is 3. The maximum atomic E-state index is 11.4. The fourth-order valence-electron chi connectivity index (χ4n) is 1.67. The SMILES string of the molecule is CCNC(=NCc1ccccc1Cl)NCC(C)C(=O)OC. The van der Waals surface area contributed by atoms with Crippen LogP contribution in [0.15, 0.2) is 29.3 Å². The van der Waals surface area contributed by atoms with Crippen molar-refractivity contribution in [1.82, 2.24) is 10.6 Å². The maximum Gasteiger partial charge on any atom is 0.310 e. The largest absolute Gasteiger partial charge is 0.469 e. The number of nitrogens with zero attached hydrogens (tertiary/aromatic N) is 1. The lowest BCUT2D eigenvalue weighted by atomic mass is 10.2. The summed E-state index contributed by atoms with van der Waals surface area (Å²) in [4.78, 5) is 15.8. The molecule has 0 aromatic heterocycles. The summed E-state index contributed by atoms with van der Waals surface area (Å²) in [7, 11) is 1.38. The molecule has 1 rings (SSSR count). The molecule has 0 saturated carbocycles. The molecular formula is C15H22ClN3O2. The van der Waals surface area contributed by atoms with E-state index >= 15 is 0 Å². The molecule has 1 unspecified atom stereocenters. The Morgan fingerprint density at radius 2 is 2.10 bits per heavy atom. The lowest BCUT2D eigenvalue weighted by Gasteiger charge is -2.14. The summed E-state index contributed by atoms with van der Waals surface area (Å²) in [6.07, 6.45) is 0. The van der Waals surface area contributed by atoms with Crippen molar-refractivity contribution in [2.45, 2.75) is 20.4 Å². The van der Waals surface area contributed by atoms with Gasteiger partial charge >= 0.3 is 5.97 Å². The average Bonchev–Trinajstić information content (AvgIpc) is 2.50. The normalized spacial score (nSPS) is 12.7. The summed E-state index contributed by atoms with van der Waals surface area (Å²) in [5.41, 5.74) is 0.956. The molecule has 5 nitrogen and oxygen atoms in total. The van der Waals surface area contributed by atoms with Gasteiger partial charge in [0.15, 0.2) is 5.96 Å². The van der Waals surface area contributed by atoms with Gasteiger partial charge in [0.25, 0.3) is 0 Å². The van der Waals surface area contributed by atoms with E-state index in [1.54, 1.807) is 6.92 Å². The quantitative estimate of drug-likeness (QED) is 0.480. The molecule has 0 bridgehead atoms. The van der Waals surface area contributed by atoms with Crippen molar-refractivity contribution in [2.24, 2.45) is 10.9 Å². The number of halogens is 1. The van der Waals surface area contributed by atoms with Gasteiger partial charge in [-0.25, -0.2) is 4.99 Å². The zero-order chi connectivity index (χ0) is 15.7. The van der Waals surface area contributed by atoms with Gasteiger partial charge in [-0.1, -0.05) is 36.7 Å². The van der Waals surface area contributed by atoms with Crippen molar-refractivity contribution in [3.63, 3.8) is 0 Å². The van der Waals surface area contributed by atoms with Crippen molar-refractivity contribution in [1.29, 1.82) is 0 Å². The first-order valence-electron chi connectivity index (χ1n) is 6.91. The van der Waals surface area contributed by atoms with Crippen LogP contribution in [0.2, 0.25) is 5.02 Å². The van der Waals surface area contributed by atoms with E-state index in [1.165, 1.54) is 7.11 Å². The average molecular weight is 312 g/mol. The first kappa shape index (κ1) is 17.3. The van der Waals surface area contributed by atoms with Crippen LogP contribution >= 0.6 is 11.6 Å². The summed E-state index contributed by atoms with van der Waals surface area (Å²) >= 11 is 6.10. The number of hydrogen-bond donors (Lipinski definition) is 2. The molecule has 1 atom stereocenters. The summed E-state index contributed by atoms with van der Waals surface area (Å²) in [5, 5.41) is 6.94. The fraction of sp³-hybridized carbons (Fsp3) is 0.467. The van der Waals surface area contributed by atoms with E-state index in [0.29, 0.717) is 24.1 Å². The van der Waals surface area contributed by atoms with Crippen molar-refractivity contribution in [2.75, 3.05) is 20.2 Å². The van der Waals surface area contributed by atoms with Crippen LogP contribution in [-0.2, 0) is 16.1 Å². The van der Waals surface area contributed by atoms with Gasteiger partial charge in [-0.15, -0.1) is 0 Å². The van der Waals surface area contributed by atoms with Crippen LogP contribution in [0.4, 0.5) is 0 Å². The van der Waals surface area contributed by atoms with Crippen molar-refractivity contribution < 1.29 is 9.53 Å². The molecule has 0 aliphatic rings. The first-order chi connectivity index (χ1) is 10.1. The van der Waals surface area contributed by atoms with Crippen LogP contribution in [-0.4, -0.2) is 32.1 Å². The van der Waals surface area contributed by atoms with Crippen molar-refractivity contribution >= 4 is 23.5 Å². The van der Waals surface area contributed by atoms with E-state index in [0.717, 1.165) is 12.1 Å². The zero-order valence-corrected chi connectivity index (χ0v) is 13.4. The van der Waals surface area contributed by atoms with Gasteiger partial charge in [0.2, 0.25) is 0 Å². The highest BCUT2D eigenvalue weighted by Gasteiger charge is 2.13. The Bertz CT molecular complexity index is 492. The van der Waals surface area contributed by atoms with Gasteiger partial charge in [0, 0.05) is 18.1 Å². The Morgan fingerprint density at radius 1 is 1.38 bits per heavy atom. The van der Waals surface area contributed by atoms with Crippen molar-refractivity contribution in [3.8, 4) is 0 Å². The molecule has 21 heavy (non-hydrogen) atoms. The Kier molecular flexibility index (Phi) is 7.61. The lowest BCUT2D eigenvalue weighted by molar-refractivity contribution is -0.144. The molecule has 1 aromatic carbocycles. The highest BCUT2D eigenvalue weighted by atomic mass is 35.5. The molecule has 0 heterocycles. The highest BCUT2D eigenvalue weighted by molar-refractivity contribution is 6.31. The second-order valence-electron chi connectivity index (χ2n) is 4.59. The summed E-state index contributed by atoms with van der Waals surface area (Å²) in [6.45, 7) is 5.45. The minimum Gasteiger partial charge on any atom is -0.469 e. The van der Waals surface area contributed by atoms with Crippen LogP contribution in [0.5, 0.6) is 0 Å². The number of carbonyl (C=O) groups excluding carboxylic acids is 1. The van der Waals surface area contributed by atoms with Gasteiger partial charge in [0.05, 0.1) is 19.6 Å². The number of methoxy groups -OCH3 is 1. The predicted molar refractivity (Wildman–Crippen MR) is 85.5 cm³/mol. The third kappa shape index (κ3) is 6.04. The number of ether oxygens (including phenoxy) is 1. The summed E-state index contributed by atoms with van der Waals surface area (Å²) < 4.78 is 4.69. The van der Waals surface area contributed by atoms with E-state index in [2.05, 4.69) is 15.6 Å². The molecular weight excluding hydrogens is 290 g/mol. The molecule has 0 aliphatic carbocycles. The maximum absolute atomic E-state index is 11.4. The number of rotatable bonds is 6. The van der Waals surface area contributed by atoms with Gasteiger partial charge in [0.1, 0.15) is 0 Å². The topological polar surface area (TPSA) is 62.7 Å². The van der Waals surface area contributed by atoms with E-state index < -0.39 is 0 Å². The van der Waals surface area contributed by atoms with Crippen LogP contribution in [0.25, 0.3) is 0 Å². The minimum atomic E-state index is -0.246. The molecule has 0 spiro atoms. The minimum absolute atomic E-state index is 0.237. The number of benzene rings is 1. The third-order valence-corrected chi connectivity index (χ3v) is 3.26. The number of nitrogens with one attached hydrogen (secondary N) is 2. The van der Waals surface area contributed by atoms with Gasteiger partial charge < -0.3 is 15.4 Å². The number of esters is 1. The fourth-order valence-corrected chi connectivity index (χ4v) is 1.86. The Morgan fingerprint density at radius 3 is 2.71 bits per heavy atom. The lowest BCUT2D eigenvalue weighted by Crippen LogP contribution is -2.40. The monoisotopic (exact) mass is 311 g/mol. The summed E-state index contributed by atoms with van der Waals surface area (Å²) in [5.74, 6) is 0.164. The highest BCUT2D eigenvalue weighted by Crippen LogP contribution is 2.15. The molecule has 2 N–H and O–H groups in total. The number of aliphatic imine (C=N–C) groups is 1. The molecule has 6 heteroatoms. The summed E-state index contributed by atoms with van der Waals surface area (Å²) in [6, 6.07) is 7.59. The van der Waals surface area contributed by atoms with Crippen LogP contribution in [0, 0.1) is 5.92 Å². The Hall–Kier alpha value is -1.75. The Labute approximate surface area is 130 Å². The zero-order valence-electron chi connectivity index (χ0n) is 12.6. The molecule has 0 fully saturated rings. The molecule has 1 aromatic rings. The molecule has 0 amide bonds. The van der Waals surface area contributed by atoms with E-state index in [4.69, 9.17) is 16.3 Å². The standard InChI is InChI=1S/C15H22ClN3O2/c1-4-17-15(18-9-11(2)14(20)21-3)19-10-12-7-5-6-8-13(12)16/h5-8,11H,4,9-10H2,1-3H3,(H2,17,18,19). The van der Waals surface area contributed by atoms with E-state index in [1.807, 2.05) is 31.2 Å². The van der Waals surface area contributed by atoms with Crippen LogP contribution < -0.4 is 10.6 Å². The molecule has 0 radical (unpaired) electrons. The second-order valence-corrected chi connectivity index (χ2v) is 5.00. The number of guanidine groups is 1. The Balaban J connectivity index is 2.62. The van der Waals surface area contributed by atoms with Crippen molar-refractivity contribution in [3.05, 3.63) is 34.9 Å². The van der Waals surface area contributed by atoms with E-state index in [-0.39, 0.29) is 11.9 Å². The predicted octanol–water partition coefficient (Wildman–Crippen LogP) is 2.20. The molecule has 0 aliphatic heterocycles. The molecule has 0 saturated heterocycles. The van der Waals surface area contributed by atoms with Gasteiger partial charge in [-0.2, -0.15) is 0 Å². The second kappa shape index (κ2) is 9.23. The van der Waals surface area contributed by atoms with Gasteiger partial charge in [-0.3, -0.25) is 4.79 Å². The first-order valence-corrected chi connectivity index (χ1v) is 7.29.